The van der Waals surface area contributed by atoms with Crippen molar-refractivity contribution < 1.29 is 8.42 Å². The molecule has 0 bridgehead atoms. The molecule has 0 spiro atoms. The van der Waals surface area contributed by atoms with Crippen molar-refractivity contribution in [2.75, 3.05) is 9.80 Å². The van der Waals surface area contributed by atoms with E-state index in [-0.39, 0.29) is 0 Å². The zero-order valence-electron chi connectivity index (χ0n) is 22.6. The molecule has 6 aromatic rings. The van der Waals surface area contributed by atoms with Gasteiger partial charge in [0.15, 0.2) is 0 Å². The minimum Gasteiger partial charge on any atom is -0.306 e. The van der Waals surface area contributed by atoms with Gasteiger partial charge in [0.1, 0.15) is 0 Å². The first-order valence-corrected chi connectivity index (χ1v) is 17.1. The van der Waals surface area contributed by atoms with Crippen LogP contribution in [0.15, 0.2) is 163 Å². The zero-order valence-corrected chi connectivity index (χ0v) is 25.1. The molecule has 3 aliphatic heterocycles. The molecule has 4 nitrogen and oxygen atoms in total. The second-order valence-electron chi connectivity index (χ2n) is 10.6. The summed E-state index contributed by atoms with van der Waals surface area (Å²) >= 11 is 3.50. The minimum absolute atomic E-state index is 0.341. The molecule has 0 N–H and O–H groups in total. The van der Waals surface area contributed by atoms with Crippen LogP contribution in [0.3, 0.4) is 0 Å². The SMILES string of the molecule is O=S1(=O)c2ccccc2-c2c1ccc(N1c3ccccc3Sc3ccccc31)c2N1c2ccccc2Sc2ccccc21. The summed E-state index contributed by atoms with van der Waals surface area (Å²) in [4.78, 5) is 9.81. The van der Waals surface area contributed by atoms with E-state index in [1.807, 2.05) is 18.2 Å². The summed E-state index contributed by atoms with van der Waals surface area (Å²) in [6.45, 7) is 0. The van der Waals surface area contributed by atoms with E-state index in [1.165, 1.54) is 0 Å². The molecule has 43 heavy (non-hydrogen) atoms. The number of sulfone groups is 1. The van der Waals surface area contributed by atoms with Crippen molar-refractivity contribution in [2.45, 2.75) is 29.4 Å². The number of para-hydroxylation sites is 4. The van der Waals surface area contributed by atoms with Gasteiger partial charge in [0.2, 0.25) is 9.84 Å². The van der Waals surface area contributed by atoms with E-state index in [0.717, 1.165) is 64.8 Å². The highest BCUT2D eigenvalue weighted by Gasteiger charge is 2.40. The van der Waals surface area contributed by atoms with Crippen LogP contribution >= 0.6 is 23.5 Å². The third kappa shape index (κ3) is 3.56. The van der Waals surface area contributed by atoms with Gasteiger partial charge in [0, 0.05) is 30.7 Å². The van der Waals surface area contributed by atoms with Crippen molar-refractivity contribution in [3.63, 3.8) is 0 Å². The first-order valence-electron chi connectivity index (χ1n) is 13.9. The van der Waals surface area contributed by atoms with Crippen LogP contribution in [0, 0.1) is 0 Å². The summed E-state index contributed by atoms with van der Waals surface area (Å²) in [6.07, 6.45) is 0. The van der Waals surface area contributed by atoms with Gasteiger partial charge in [-0.3, -0.25) is 0 Å². The van der Waals surface area contributed by atoms with Gasteiger partial charge in [-0.25, -0.2) is 8.42 Å². The Bertz CT molecular complexity index is 2160. The lowest BCUT2D eigenvalue weighted by Crippen LogP contribution is -2.21. The number of fused-ring (bicyclic) bond motifs is 7. The lowest BCUT2D eigenvalue weighted by molar-refractivity contribution is 0.598. The standard InChI is InChI=1S/C36H22N2O2S3/c39-43(40)33-20-10-1-11-23(33)35-34(43)22-21-28(37-24-12-2-6-16-29(24)41-30-17-7-3-13-25(30)37)36(35)38-26-14-4-8-18-31(26)42-32-19-9-5-15-27(32)38/h1-22H. The molecule has 0 radical (unpaired) electrons. The first-order chi connectivity index (χ1) is 21.1. The molecule has 206 valence electrons. The second-order valence-corrected chi connectivity index (χ2v) is 14.6. The number of nitrogens with zero attached hydrogens (tertiary/aromatic N) is 2. The van der Waals surface area contributed by atoms with E-state index in [2.05, 4.69) is 107 Å². The normalized spacial score (nSPS) is 15.1. The van der Waals surface area contributed by atoms with Crippen molar-refractivity contribution in [1.82, 2.24) is 0 Å². The number of hydrogen-bond donors (Lipinski definition) is 0. The molecule has 0 aliphatic carbocycles. The summed E-state index contributed by atoms with van der Waals surface area (Å²) in [5, 5.41) is 0. The average molecular weight is 611 g/mol. The highest BCUT2D eigenvalue weighted by Crippen LogP contribution is 2.61. The Labute approximate surface area is 258 Å². The van der Waals surface area contributed by atoms with Crippen LogP contribution in [0.25, 0.3) is 11.1 Å². The largest absolute Gasteiger partial charge is 0.306 e. The molecular formula is C36H22N2O2S3. The molecule has 6 aromatic carbocycles. The second kappa shape index (κ2) is 9.28. The van der Waals surface area contributed by atoms with Gasteiger partial charge < -0.3 is 9.80 Å². The Hall–Kier alpha value is -4.43. The Morgan fingerprint density at radius 2 is 0.860 bits per heavy atom. The van der Waals surface area contributed by atoms with Gasteiger partial charge in [-0.1, -0.05) is 90.3 Å². The Kier molecular flexibility index (Phi) is 5.42. The van der Waals surface area contributed by atoms with Crippen molar-refractivity contribution in [3.05, 3.63) is 133 Å². The molecular weight excluding hydrogens is 589 g/mol. The monoisotopic (exact) mass is 610 g/mol. The fourth-order valence-corrected chi connectivity index (χ4v) is 10.2. The summed E-state index contributed by atoms with van der Waals surface area (Å²) in [6, 6.07) is 44.8. The summed E-state index contributed by atoms with van der Waals surface area (Å²) in [5.41, 5.74) is 7.41. The third-order valence-corrected chi connectivity index (χ3v) is 12.3. The van der Waals surface area contributed by atoms with E-state index < -0.39 is 9.84 Å². The summed E-state index contributed by atoms with van der Waals surface area (Å²) < 4.78 is 28.1. The van der Waals surface area contributed by atoms with Crippen LogP contribution in [-0.4, -0.2) is 8.42 Å². The van der Waals surface area contributed by atoms with E-state index >= 15 is 0 Å². The number of hydrogen-bond acceptors (Lipinski definition) is 6. The third-order valence-electron chi connectivity index (χ3n) is 8.18. The lowest BCUT2D eigenvalue weighted by Gasteiger charge is -2.39. The molecule has 7 heteroatoms. The molecule has 0 amide bonds. The molecule has 0 atom stereocenters. The first kappa shape index (κ1) is 25.1. The molecule has 0 saturated carbocycles. The highest BCUT2D eigenvalue weighted by atomic mass is 32.2. The van der Waals surface area contributed by atoms with Gasteiger partial charge in [-0.15, -0.1) is 0 Å². The predicted octanol–water partition coefficient (Wildman–Crippen LogP) is 10.4. The smallest absolute Gasteiger partial charge is 0.207 e. The number of rotatable bonds is 2. The lowest BCUT2D eigenvalue weighted by atomic mass is 9.99. The quantitative estimate of drug-likeness (QED) is 0.194. The van der Waals surface area contributed by atoms with Crippen LogP contribution in [0.5, 0.6) is 0 Å². The maximum absolute atomic E-state index is 14.0. The summed E-state index contributed by atoms with van der Waals surface area (Å²) in [5.74, 6) is 0. The van der Waals surface area contributed by atoms with E-state index in [1.54, 1.807) is 41.7 Å². The average Bonchev–Trinajstić information content (AvgIpc) is 3.28. The van der Waals surface area contributed by atoms with Gasteiger partial charge in [0.05, 0.1) is 43.9 Å². The van der Waals surface area contributed by atoms with Gasteiger partial charge in [-0.05, 0) is 66.7 Å². The van der Waals surface area contributed by atoms with Crippen molar-refractivity contribution in [3.8, 4) is 11.1 Å². The minimum atomic E-state index is -3.70. The van der Waals surface area contributed by atoms with Crippen LogP contribution in [-0.2, 0) is 9.84 Å². The van der Waals surface area contributed by atoms with E-state index in [4.69, 9.17) is 0 Å². The predicted molar refractivity (Wildman–Crippen MR) is 175 cm³/mol. The van der Waals surface area contributed by atoms with Crippen LogP contribution in [0.1, 0.15) is 0 Å². The van der Waals surface area contributed by atoms with E-state index in [9.17, 15) is 8.42 Å². The van der Waals surface area contributed by atoms with Crippen LogP contribution in [0.4, 0.5) is 34.1 Å². The van der Waals surface area contributed by atoms with Crippen molar-refractivity contribution >= 4 is 67.5 Å². The Morgan fingerprint density at radius 3 is 1.40 bits per heavy atom. The highest BCUT2D eigenvalue weighted by molar-refractivity contribution is 8.00. The van der Waals surface area contributed by atoms with Crippen molar-refractivity contribution in [1.29, 1.82) is 0 Å². The summed E-state index contributed by atoms with van der Waals surface area (Å²) in [7, 11) is -3.70. The topological polar surface area (TPSA) is 40.6 Å². The van der Waals surface area contributed by atoms with Gasteiger partial charge in [0.25, 0.3) is 0 Å². The van der Waals surface area contributed by atoms with Crippen molar-refractivity contribution in [2.24, 2.45) is 0 Å². The van der Waals surface area contributed by atoms with Crippen LogP contribution < -0.4 is 9.80 Å². The van der Waals surface area contributed by atoms with E-state index in [0.29, 0.717) is 9.79 Å². The fraction of sp³-hybridized carbons (Fsp3) is 0. The molecule has 0 fully saturated rings. The molecule has 0 saturated heterocycles. The van der Waals surface area contributed by atoms with Crippen LogP contribution in [0.2, 0.25) is 0 Å². The number of benzene rings is 6. The van der Waals surface area contributed by atoms with Gasteiger partial charge in [-0.2, -0.15) is 0 Å². The molecule has 9 rings (SSSR count). The maximum atomic E-state index is 14.0. The molecule has 3 heterocycles. The molecule has 0 unspecified atom stereocenters. The maximum Gasteiger partial charge on any atom is 0.207 e. The fourth-order valence-electron chi connectivity index (χ4n) is 6.39. The Morgan fingerprint density at radius 1 is 0.419 bits per heavy atom. The van der Waals surface area contributed by atoms with Gasteiger partial charge >= 0.3 is 0 Å². The zero-order chi connectivity index (χ0) is 28.7. The molecule has 0 aromatic heterocycles. The number of anilines is 6. The molecule has 3 aliphatic rings. The Balaban J connectivity index is 1.45.